The molecule has 0 unspecified atom stereocenters. The molecule has 1 fully saturated rings. The Bertz CT molecular complexity index is 707. The molecule has 0 aromatic heterocycles. The molecule has 0 spiro atoms. The van der Waals surface area contributed by atoms with E-state index in [0.717, 1.165) is 6.42 Å². The molecule has 0 saturated heterocycles. The highest BCUT2D eigenvalue weighted by atomic mass is 35.5. The van der Waals surface area contributed by atoms with Gasteiger partial charge in [0.05, 0.1) is 30.3 Å². The molecule has 7 nitrogen and oxygen atoms in total. The fraction of sp³-hybridized carbons (Fsp3) is 0.571. The van der Waals surface area contributed by atoms with Crippen molar-refractivity contribution in [3.8, 4) is 0 Å². The van der Waals surface area contributed by atoms with Gasteiger partial charge in [0.15, 0.2) is 0 Å². The lowest BCUT2D eigenvalue weighted by atomic mass is 9.87. The number of nitrogens with zero attached hydrogens (tertiary/aromatic N) is 2. The Morgan fingerprint density at radius 3 is 2.45 bits per heavy atom. The Morgan fingerprint density at radius 2 is 1.79 bits per heavy atom. The van der Waals surface area contributed by atoms with Gasteiger partial charge in [-0.3, -0.25) is 19.3 Å². The first kappa shape index (κ1) is 23.2. The van der Waals surface area contributed by atoms with Crippen LogP contribution in [0, 0.1) is 5.92 Å². The van der Waals surface area contributed by atoms with Crippen molar-refractivity contribution in [2.24, 2.45) is 11.7 Å². The predicted octanol–water partition coefficient (Wildman–Crippen LogP) is 2.49. The number of carbonyl (C=O) groups is 3. The number of likely N-dealkylation sites (N-methyl/N-ethyl adjacent to an activating group) is 1. The lowest BCUT2D eigenvalue weighted by Gasteiger charge is -2.27. The second-order valence-electron chi connectivity index (χ2n) is 7.75. The van der Waals surface area contributed by atoms with Crippen molar-refractivity contribution in [2.45, 2.75) is 38.5 Å². The average Bonchev–Trinajstić information content (AvgIpc) is 2.68. The van der Waals surface area contributed by atoms with E-state index in [1.165, 1.54) is 37.0 Å². The van der Waals surface area contributed by atoms with Crippen LogP contribution in [0.3, 0.4) is 0 Å². The molecule has 1 aromatic rings. The van der Waals surface area contributed by atoms with Crippen LogP contribution in [-0.2, 0) is 14.4 Å². The van der Waals surface area contributed by atoms with Gasteiger partial charge in [0.2, 0.25) is 17.7 Å². The highest BCUT2D eigenvalue weighted by molar-refractivity contribution is 6.33. The summed E-state index contributed by atoms with van der Waals surface area (Å²) in [7, 11) is 1.57. The number of primary amides is 1. The molecular formula is C21H31ClN4O3. The summed E-state index contributed by atoms with van der Waals surface area (Å²) < 4.78 is 0. The summed E-state index contributed by atoms with van der Waals surface area (Å²) in [6.45, 7) is 0.653. The van der Waals surface area contributed by atoms with E-state index in [0.29, 0.717) is 23.2 Å². The Kier molecular flexibility index (Phi) is 9.41. The molecule has 1 saturated carbocycles. The molecular weight excluding hydrogens is 392 g/mol. The van der Waals surface area contributed by atoms with Gasteiger partial charge in [-0.15, -0.1) is 0 Å². The molecule has 160 valence electrons. The van der Waals surface area contributed by atoms with Gasteiger partial charge in [-0.1, -0.05) is 55.8 Å². The Hall–Kier alpha value is -2.12. The maximum atomic E-state index is 12.6. The van der Waals surface area contributed by atoms with Crippen LogP contribution in [-0.4, -0.2) is 60.7 Å². The first-order chi connectivity index (χ1) is 13.8. The molecule has 0 aliphatic heterocycles. The third-order valence-electron chi connectivity index (χ3n) is 5.27. The minimum Gasteiger partial charge on any atom is -0.369 e. The molecule has 3 N–H and O–H groups in total. The number of amides is 3. The molecule has 29 heavy (non-hydrogen) atoms. The fourth-order valence-electron chi connectivity index (χ4n) is 3.64. The standard InChI is InChI=1S/C21H31ClN4O3/c1-25(14-20(28)24-18-10-6-5-9-17(18)22)21(29)15-26(13-19(23)27)12-11-16-7-3-2-4-8-16/h5-6,9-10,16H,2-4,7-8,11-15H2,1H3,(H2,23,27)(H,24,28). The number of hydrogen-bond acceptors (Lipinski definition) is 4. The average molecular weight is 423 g/mol. The van der Waals surface area contributed by atoms with Crippen LogP contribution in [0.25, 0.3) is 0 Å². The number of halogens is 1. The first-order valence-corrected chi connectivity index (χ1v) is 10.5. The molecule has 0 radical (unpaired) electrons. The van der Waals surface area contributed by atoms with Crippen LogP contribution in [0.4, 0.5) is 5.69 Å². The number of hydrogen-bond donors (Lipinski definition) is 2. The van der Waals surface area contributed by atoms with E-state index in [2.05, 4.69) is 5.32 Å². The second kappa shape index (κ2) is 11.8. The van der Waals surface area contributed by atoms with E-state index >= 15 is 0 Å². The third-order valence-corrected chi connectivity index (χ3v) is 5.60. The largest absolute Gasteiger partial charge is 0.369 e. The molecule has 1 aliphatic rings. The minimum absolute atomic E-state index is 0.0398. The van der Waals surface area contributed by atoms with Gasteiger partial charge < -0.3 is 16.0 Å². The van der Waals surface area contributed by atoms with Gasteiger partial charge in [-0.05, 0) is 31.0 Å². The summed E-state index contributed by atoms with van der Waals surface area (Å²) in [6.07, 6.45) is 7.17. The maximum absolute atomic E-state index is 12.6. The van der Waals surface area contributed by atoms with E-state index in [1.54, 1.807) is 36.2 Å². The number of rotatable bonds is 10. The van der Waals surface area contributed by atoms with E-state index in [-0.39, 0.29) is 31.4 Å². The highest BCUT2D eigenvalue weighted by Gasteiger charge is 2.20. The number of carbonyl (C=O) groups excluding carboxylic acids is 3. The van der Waals surface area contributed by atoms with Gasteiger partial charge in [-0.25, -0.2) is 0 Å². The molecule has 1 aliphatic carbocycles. The topological polar surface area (TPSA) is 95.7 Å². The number of nitrogens with one attached hydrogen (secondary N) is 1. The third kappa shape index (κ3) is 8.41. The van der Waals surface area contributed by atoms with Gasteiger partial charge in [0, 0.05) is 7.05 Å². The Labute approximate surface area is 177 Å². The first-order valence-electron chi connectivity index (χ1n) is 10.1. The van der Waals surface area contributed by atoms with Gasteiger partial charge in [0.1, 0.15) is 0 Å². The SMILES string of the molecule is CN(CC(=O)Nc1ccccc1Cl)C(=O)CN(CCC1CCCCC1)CC(N)=O. The molecule has 0 heterocycles. The molecule has 8 heteroatoms. The van der Waals surface area contributed by atoms with Crippen LogP contribution in [0.1, 0.15) is 38.5 Å². The summed E-state index contributed by atoms with van der Waals surface area (Å²) >= 11 is 6.04. The van der Waals surface area contributed by atoms with Gasteiger partial charge in [0.25, 0.3) is 0 Å². The summed E-state index contributed by atoms with van der Waals surface area (Å²) in [6, 6.07) is 6.92. The zero-order valence-electron chi connectivity index (χ0n) is 17.0. The van der Waals surface area contributed by atoms with Crippen LogP contribution in [0.2, 0.25) is 5.02 Å². The van der Waals surface area contributed by atoms with E-state index < -0.39 is 5.91 Å². The van der Waals surface area contributed by atoms with Crippen LogP contribution >= 0.6 is 11.6 Å². The summed E-state index contributed by atoms with van der Waals surface area (Å²) in [5.74, 6) is -0.379. The fourth-order valence-corrected chi connectivity index (χ4v) is 3.83. The summed E-state index contributed by atoms with van der Waals surface area (Å²) in [5.41, 5.74) is 5.86. The van der Waals surface area contributed by atoms with Crippen LogP contribution in [0.15, 0.2) is 24.3 Å². The smallest absolute Gasteiger partial charge is 0.244 e. The Balaban J connectivity index is 1.83. The Morgan fingerprint density at radius 1 is 1.10 bits per heavy atom. The number of nitrogens with two attached hydrogens (primary N) is 1. The zero-order valence-corrected chi connectivity index (χ0v) is 17.8. The lowest BCUT2D eigenvalue weighted by molar-refractivity contribution is -0.134. The molecule has 0 atom stereocenters. The van der Waals surface area contributed by atoms with Crippen molar-refractivity contribution in [3.63, 3.8) is 0 Å². The van der Waals surface area contributed by atoms with E-state index in [1.807, 2.05) is 0 Å². The van der Waals surface area contributed by atoms with Crippen molar-refractivity contribution in [2.75, 3.05) is 38.5 Å². The van der Waals surface area contributed by atoms with Crippen LogP contribution < -0.4 is 11.1 Å². The van der Waals surface area contributed by atoms with Crippen molar-refractivity contribution in [1.82, 2.24) is 9.80 Å². The van der Waals surface area contributed by atoms with Crippen molar-refractivity contribution >= 4 is 35.0 Å². The summed E-state index contributed by atoms with van der Waals surface area (Å²) in [5, 5.41) is 3.13. The van der Waals surface area contributed by atoms with E-state index in [9.17, 15) is 14.4 Å². The minimum atomic E-state index is -0.458. The number of para-hydroxylation sites is 1. The molecule has 0 bridgehead atoms. The quantitative estimate of drug-likeness (QED) is 0.605. The number of benzene rings is 1. The van der Waals surface area contributed by atoms with E-state index in [4.69, 9.17) is 17.3 Å². The van der Waals surface area contributed by atoms with Crippen molar-refractivity contribution in [3.05, 3.63) is 29.3 Å². The highest BCUT2D eigenvalue weighted by Crippen LogP contribution is 2.26. The maximum Gasteiger partial charge on any atom is 0.244 e. The molecule has 3 amide bonds. The van der Waals surface area contributed by atoms with Crippen LogP contribution in [0.5, 0.6) is 0 Å². The predicted molar refractivity (Wildman–Crippen MR) is 115 cm³/mol. The van der Waals surface area contributed by atoms with Gasteiger partial charge in [-0.2, -0.15) is 0 Å². The summed E-state index contributed by atoms with van der Waals surface area (Å²) in [4.78, 5) is 39.3. The van der Waals surface area contributed by atoms with Crippen molar-refractivity contribution in [1.29, 1.82) is 0 Å². The van der Waals surface area contributed by atoms with Gasteiger partial charge >= 0.3 is 0 Å². The number of anilines is 1. The zero-order chi connectivity index (χ0) is 21.2. The van der Waals surface area contributed by atoms with Crippen molar-refractivity contribution < 1.29 is 14.4 Å². The molecule has 2 rings (SSSR count). The lowest BCUT2D eigenvalue weighted by Crippen LogP contribution is -2.44. The molecule has 1 aromatic carbocycles. The normalized spacial score (nSPS) is 14.6. The monoisotopic (exact) mass is 422 g/mol. The second-order valence-corrected chi connectivity index (χ2v) is 8.15.